The van der Waals surface area contributed by atoms with Gasteiger partial charge in [-0.1, -0.05) is 0 Å². The molecular formula is C21H23N7O3S. The van der Waals surface area contributed by atoms with Crippen LogP contribution in [0.4, 0.5) is 5.69 Å². The number of aromatic nitrogens is 6. The van der Waals surface area contributed by atoms with Crippen LogP contribution in [-0.2, 0) is 17.1 Å². The van der Waals surface area contributed by atoms with Crippen molar-refractivity contribution in [3.05, 3.63) is 65.5 Å². The third-order valence-corrected chi connectivity index (χ3v) is 6.80. The number of nitrogens with one attached hydrogen (secondary N) is 1. The van der Waals surface area contributed by atoms with Gasteiger partial charge in [0.25, 0.3) is 10.0 Å². The third-order valence-electron chi connectivity index (χ3n) is 5.16. The maximum atomic E-state index is 12.8. The molecule has 0 fully saturated rings. The predicted molar refractivity (Wildman–Crippen MR) is 119 cm³/mol. The zero-order chi connectivity index (χ0) is 23.0. The molecule has 0 atom stereocenters. The predicted octanol–water partition coefficient (Wildman–Crippen LogP) is 3.22. The minimum absolute atomic E-state index is 0.180. The van der Waals surface area contributed by atoms with Crippen LogP contribution in [0.15, 0.2) is 47.6 Å². The van der Waals surface area contributed by atoms with E-state index in [1.54, 1.807) is 68.3 Å². The van der Waals surface area contributed by atoms with E-state index in [1.807, 2.05) is 18.4 Å². The van der Waals surface area contributed by atoms with Crippen LogP contribution in [0.1, 0.15) is 22.8 Å². The molecule has 3 aromatic heterocycles. The summed E-state index contributed by atoms with van der Waals surface area (Å²) in [5, 5.41) is 12.5. The second kappa shape index (κ2) is 8.08. The fourth-order valence-corrected chi connectivity index (χ4v) is 4.79. The number of hydrogen-bond donors (Lipinski definition) is 1. The minimum atomic E-state index is -3.76. The topological polar surface area (TPSA) is 117 Å². The Morgan fingerprint density at radius 3 is 2.16 bits per heavy atom. The smallest absolute Gasteiger partial charge is 0.265 e. The van der Waals surface area contributed by atoms with E-state index in [2.05, 4.69) is 25.0 Å². The molecule has 1 N–H and O–H groups in total. The van der Waals surface area contributed by atoms with Gasteiger partial charge in [-0.2, -0.15) is 5.10 Å². The molecule has 4 aromatic rings. The SMILES string of the molecule is Cc1nn(C)c(C)c1S(=O)(=O)Nc1ccc(Oc2ccc(-n3cnc(C)c3C)nn2)cc1. The molecule has 32 heavy (non-hydrogen) atoms. The number of benzene rings is 1. The first-order valence-electron chi connectivity index (χ1n) is 9.81. The average molecular weight is 454 g/mol. The Kier molecular flexibility index (Phi) is 5.43. The van der Waals surface area contributed by atoms with Crippen molar-refractivity contribution in [2.45, 2.75) is 32.6 Å². The Morgan fingerprint density at radius 1 is 0.906 bits per heavy atom. The average Bonchev–Trinajstić information content (AvgIpc) is 3.21. The van der Waals surface area contributed by atoms with Crippen molar-refractivity contribution in [3.8, 4) is 17.4 Å². The molecule has 166 valence electrons. The molecule has 0 unspecified atom stereocenters. The van der Waals surface area contributed by atoms with Crippen molar-refractivity contribution >= 4 is 15.7 Å². The Balaban J connectivity index is 1.47. The summed E-state index contributed by atoms with van der Waals surface area (Å²) in [6.07, 6.45) is 1.70. The zero-order valence-corrected chi connectivity index (χ0v) is 19.2. The lowest BCUT2D eigenvalue weighted by atomic mass is 10.3. The van der Waals surface area contributed by atoms with E-state index in [9.17, 15) is 8.42 Å². The van der Waals surface area contributed by atoms with Crippen LogP contribution in [0.5, 0.6) is 11.6 Å². The highest BCUT2D eigenvalue weighted by atomic mass is 32.2. The normalized spacial score (nSPS) is 11.5. The molecule has 11 heteroatoms. The van der Waals surface area contributed by atoms with Crippen molar-refractivity contribution in [1.29, 1.82) is 0 Å². The monoisotopic (exact) mass is 453 g/mol. The van der Waals surface area contributed by atoms with Gasteiger partial charge in [-0.05, 0) is 58.0 Å². The summed E-state index contributed by atoms with van der Waals surface area (Å²) in [7, 11) is -2.05. The molecule has 0 spiro atoms. The fourth-order valence-electron chi connectivity index (χ4n) is 3.29. The summed E-state index contributed by atoms with van der Waals surface area (Å²) >= 11 is 0. The number of anilines is 1. The van der Waals surface area contributed by atoms with Crippen LogP contribution in [0.2, 0.25) is 0 Å². The molecule has 1 aromatic carbocycles. The fraction of sp³-hybridized carbons (Fsp3) is 0.238. The molecule has 0 radical (unpaired) electrons. The standard InChI is InChI=1S/C21H23N7O3S/c1-13-15(3)28(12-22-13)19-10-11-20(24-23-19)31-18-8-6-17(7-9-18)26-32(29,30)21-14(2)25-27(5)16(21)4/h6-12,26H,1-5H3. The van der Waals surface area contributed by atoms with Crippen LogP contribution >= 0.6 is 0 Å². The van der Waals surface area contributed by atoms with Gasteiger partial charge in [0.2, 0.25) is 5.88 Å². The number of nitrogens with zero attached hydrogens (tertiary/aromatic N) is 6. The molecule has 10 nitrogen and oxygen atoms in total. The Bertz CT molecular complexity index is 1370. The second-order valence-electron chi connectivity index (χ2n) is 7.37. The van der Waals surface area contributed by atoms with Gasteiger partial charge in [0.15, 0.2) is 5.82 Å². The number of imidazole rings is 1. The van der Waals surface area contributed by atoms with Crippen LogP contribution < -0.4 is 9.46 Å². The number of sulfonamides is 1. The zero-order valence-electron chi connectivity index (χ0n) is 18.4. The van der Waals surface area contributed by atoms with E-state index in [1.165, 1.54) is 0 Å². The number of rotatable bonds is 6. The molecule has 0 aliphatic rings. The van der Waals surface area contributed by atoms with Gasteiger partial charge in [-0.3, -0.25) is 14.0 Å². The Labute approximate surface area is 186 Å². The largest absolute Gasteiger partial charge is 0.438 e. The first-order chi connectivity index (χ1) is 15.2. The highest BCUT2D eigenvalue weighted by molar-refractivity contribution is 7.92. The summed E-state index contributed by atoms with van der Waals surface area (Å²) in [5.74, 6) is 1.46. The molecule has 0 aliphatic carbocycles. The van der Waals surface area contributed by atoms with Crippen molar-refractivity contribution in [3.63, 3.8) is 0 Å². The van der Waals surface area contributed by atoms with Crippen LogP contribution in [0, 0.1) is 27.7 Å². The lowest BCUT2D eigenvalue weighted by molar-refractivity contribution is 0.454. The van der Waals surface area contributed by atoms with Crippen molar-refractivity contribution in [2.75, 3.05) is 4.72 Å². The van der Waals surface area contributed by atoms with Gasteiger partial charge in [0, 0.05) is 24.5 Å². The first-order valence-corrected chi connectivity index (χ1v) is 11.3. The van der Waals surface area contributed by atoms with E-state index >= 15 is 0 Å². The first kappa shape index (κ1) is 21.5. The maximum Gasteiger partial charge on any atom is 0.265 e. The van der Waals surface area contributed by atoms with Gasteiger partial charge in [0.05, 0.1) is 17.1 Å². The second-order valence-corrected chi connectivity index (χ2v) is 8.99. The van der Waals surface area contributed by atoms with E-state index in [4.69, 9.17) is 4.74 Å². The molecule has 0 aliphatic heterocycles. The number of hydrogen-bond acceptors (Lipinski definition) is 7. The molecule has 0 saturated carbocycles. The molecule has 0 amide bonds. The Morgan fingerprint density at radius 2 is 1.62 bits per heavy atom. The maximum absolute atomic E-state index is 12.8. The summed E-state index contributed by atoms with van der Waals surface area (Å²) < 4.78 is 37.3. The molecule has 4 rings (SSSR count). The van der Waals surface area contributed by atoms with Crippen LogP contribution in [-0.4, -0.2) is 37.9 Å². The van der Waals surface area contributed by atoms with Crippen molar-refractivity contribution < 1.29 is 13.2 Å². The van der Waals surface area contributed by atoms with Crippen LogP contribution in [0.25, 0.3) is 5.82 Å². The molecule has 0 saturated heterocycles. The molecular weight excluding hydrogens is 430 g/mol. The van der Waals surface area contributed by atoms with E-state index in [0.717, 1.165) is 11.4 Å². The lowest BCUT2D eigenvalue weighted by Gasteiger charge is -2.10. The summed E-state index contributed by atoms with van der Waals surface area (Å²) in [4.78, 5) is 4.44. The van der Waals surface area contributed by atoms with E-state index in [-0.39, 0.29) is 4.90 Å². The van der Waals surface area contributed by atoms with Crippen molar-refractivity contribution in [2.24, 2.45) is 7.05 Å². The molecule has 0 bridgehead atoms. The van der Waals surface area contributed by atoms with E-state index < -0.39 is 10.0 Å². The minimum Gasteiger partial charge on any atom is -0.438 e. The summed E-state index contributed by atoms with van der Waals surface area (Å²) in [6, 6.07) is 10.0. The van der Waals surface area contributed by atoms with Gasteiger partial charge in [0.1, 0.15) is 17.0 Å². The highest BCUT2D eigenvalue weighted by Crippen LogP contribution is 2.25. The van der Waals surface area contributed by atoms with Gasteiger partial charge in [-0.15, -0.1) is 10.2 Å². The van der Waals surface area contributed by atoms with Gasteiger partial charge in [-0.25, -0.2) is 13.4 Å². The third kappa shape index (κ3) is 4.06. The van der Waals surface area contributed by atoms with Crippen LogP contribution in [0.3, 0.4) is 0 Å². The quantitative estimate of drug-likeness (QED) is 0.476. The van der Waals surface area contributed by atoms with Gasteiger partial charge < -0.3 is 4.74 Å². The molecule has 3 heterocycles. The van der Waals surface area contributed by atoms with Crippen molar-refractivity contribution in [1.82, 2.24) is 29.5 Å². The number of ether oxygens (including phenoxy) is 1. The number of aryl methyl sites for hydroxylation is 3. The van der Waals surface area contributed by atoms with Gasteiger partial charge >= 0.3 is 0 Å². The van der Waals surface area contributed by atoms with E-state index in [0.29, 0.717) is 34.5 Å². The lowest BCUT2D eigenvalue weighted by Crippen LogP contribution is -2.14. The summed E-state index contributed by atoms with van der Waals surface area (Å²) in [5.41, 5.74) is 3.34. The Hall–Kier alpha value is -3.73. The highest BCUT2D eigenvalue weighted by Gasteiger charge is 2.23. The summed E-state index contributed by atoms with van der Waals surface area (Å²) in [6.45, 7) is 7.27.